The molecule has 0 bridgehead atoms. The molecule has 1 saturated heterocycles. The Balaban J connectivity index is 1.91. The number of rotatable bonds is 2. The first-order valence-corrected chi connectivity index (χ1v) is 8.13. The Morgan fingerprint density at radius 3 is 3.05 bits per heavy atom. The smallest absolute Gasteiger partial charge is 0.157 e. The van der Waals surface area contributed by atoms with Crippen molar-refractivity contribution in [1.29, 1.82) is 0 Å². The second-order valence-corrected chi connectivity index (χ2v) is 7.27. The van der Waals surface area contributed by atoms with Gasteiger partial charge in [-0.3, -0.25) is 0 Å². The zero-order valence-corrected chi connectivity index (χ0v) is 11.5. The number of nitrogens with zero attached hydrogens (tertiary/aromatic N) is 3. The maximum atomic E-state index is 11.7. The second-order valence-electron chi connectivity index (χ2n) is 5.05. The number of sulfone groups is 1. The Labute approximate surface area is 111 Å². The number of aromatic nitrogens is 3. The molecule has 102 valence electrons. The van der Waals surface area contributed by atoms with Crippen molar-refractivity contribution in [2.24, 2.45) is 0 Å². The van der Waals surface area contributed by atoms with Gasteiger partial charge in [-0.15, -0.1) is 0 Å². The van der Waals surface area contributed by atoms with Gasteiger partial charge in [-0.25, -0.2) is 13.4 Å². The number of hydrogen-bond acceptors (Lipinski definition) is 5. The van der Waals surface area contributed by atoms with Crippen LogP contribution in [-0.4, -0.2) is 40.6 Å². The van der Waals surface area contributed by atoms with Crippen LogP contribution in [0.25, 0.3) is 5.65 Å². The summed E-state index contributed by atoms with van der Waals surface area (Å²) in [5, 5.41) is 7.44. The van der Waals surface area contributed by atoms with Gasteiger partial charge in [-0.1, -0.05) is 0 Å². The Hall–Kier alpha value is -1.63. The van der Waals surface area contributed by atoms with E-state index >= 15 is 0 Å². The van der Waals surface area contributed by atoms with E-state index in [2.05, 4.69) is 15.4 Å². The minimum atomic E-state index is -2.91. The Morgan fingerprint density at radius 2 is 2.26 bits per heavy atom. The summed E-state index contributed by atoms with van der Waals surface area (Å²) in [5.41, 5.74) is 1.84. The summed E-state index contributed by atoms with van der Waals surface area (Å²) in [6.07, 6.45) is 3.08. The molecule has 19 heavy (non-hydrogen) atoms. The summed E-state index contributed by atoms with van der Waals surface area (Å²) < 4.78 is 25.0. The van der Waals surface area contributed by atoms with Crippen LogP contribution in [0, 0.1) is 6.92 Å². The summed E-state index contributed by atoms with van der Waals surface area (Å²) >= 11 is 0. The topological polar surface area (TPSA) is 76.4 Å². The van der Waals surface area contributed by atoms with Crippen molar-refractivity contribution in [3.8, 4) is 0 Å². The lowest BCUT2D eigenvalue weighted by atomic mass is 10.2. The van der Waals surface area contributed by atoms with Gasteiger partial charge in [-0.2, -0.15) is 9.61 Å². The van der Waals surface area contributed by atoms with E-state index in [0.717, 1.165) is 23.4 Å². The summed E-state index contributed by atoms with van der Waals surface area (Å²) in [6.45, 7) is 1.98. The molecular formula is C12H16N4O2S. The van der Waals surface area contributed by atoms with Gasteiger partial charge in [0.2, 0.25) is 0 Å². The van der Waals surface area contributed by atoms with Crippen molar-refractivity contribution in [3.63, 3.8) is 0 Å². The summed E-state index contributed by atoms with van der Waals surface area (Å²) in [6, 6.07) is 3.85. The minimum absolute atomic E-state index is 0.0482. The predicted molar refractivity (Wildman–Crippen MR) is 73.0 cm³/mol. The number of nitrogens with one attached hydrogen (secondary N) is 1. The van der Waals surface area contributed by atoms with Crippen LogP contribution in [0.4, 0.5) is 5.82 Å². The maximum Gasteiger partial charge on any atom is 0.157 e. The average molecular weight is 280 g/mol. The molecule has 1 aliphatic heterocycles. The van der Waals surface area contributed by atoms with Gasteiger partial charge < -0.3 is 5.32 Å². The van der Waals surface area contributed by atoms with Gasteiger partial charge in [0, 0.05) is 6.04 Å². The van der Waals surface area contributed by atoms with Crippen molar-refractivity contribution in [1.82, 2.24) is 14.6 Å². The Kier molecular flexibility index (Phi) is 2.93. The molecule has 2 aromatic heterocycles. The number of pyridine rings is 1. The lowest BCUT2D eigenvalue weighted by Crippen LogP contribution is -2.35. The molecule has 0 aliphatic carbocycles. The van der Waals surface area contributed by atoms with Gasteiger partial charge in [0.1, 0.15) is 12.1 Å². The van der Waals surface area contributed by atoms with Crippen LogP contribution in [0.1, 0.15) is 18.4 Å². The molecule has 0 aromatic carbocycles. The molecule has 7 heteroatoms. The third-order valence-electron chi connectivity index (χ3n) is 3.34. The standard InChI is InChI=1S/C12H16N4O2S/c1-9-5-11-13-8-14-16(11)12(6-9)15-10-3-2-4-19(17,18)7-10/h5-6,8,10,15H,2-4,7H2,1H3. The first-order valence-electron chi connectivity index (χ1n) is 6.31. The third kappa shape index (κ3) is 2.56. The molecule has 1 fully saturated rings. The van der Waals surface area contributed by atoms with Gasteiger partial charge in [0.05, 0.1) is 11.5 Å². The van der Waals surface area contributed by atoms with Crippen molar-refractivity contribution in [2.45, 2.75) is 25.8 Å². The highest BCUT2D eigenvalue weighted by atomic mass is 32.2. The summed E-state index contributed by atoms with van der Waals surface area (Å²) in [4.78, 5) is 4.16. The van der Waals surface area contributed by atoms with Crippen LogP contribution in [0.3, 0.4) is 0 Å². The molecule has 0 spiro atoms. The molecule has 3 rings (SSSR count). The lowest BCUT2D eigenvalue weighted by molar-refractivity contribution is 0.561. The van der Waals surface area contributed by atoms with Crippen LogP contribution >= 0.6 is 0 Å². The number of anilines is 1. The summed E-state index contributed by atoms with van der Waals surface area (Å²) in [5.74, 6) is 1.30. The molecule has 0 radical (unpaired) electrons. The van der Waals surface area contributed by atoms with E-state index in [1.54, 1.807) is 4.52 Å². The van der Waals surface area contributed by atoms with E-state index in [-0.39, 0.29) is 11.8 Å². The fraction of sp³-hybridized carbons (Fsp3) is 0.500. The average Bonchev–Trinajstić information content (AvgIpc) is 2.75. The van der Waals surface area contributed by atoms with Crippen LogP contribution in [0.5, 0.6) is 0 Å². The molecular weight excluding hydrogens is 264 g/mol. The van der Waals surface area contributed by atoms with Gasteiger partial charge in [-0.05, 0) is 37.5 Å². The van der Waals surface area contributed by atoms with Crippen molar-refractivity contribution in [3.05, 3.63) is 24.0 Å². The summed E-state index contributed by atoms with van der Waals surface area (Å²) in [7, 11) is -2.91. The van der Waals surface area contributed by atoms with Crippen molar-refractivity contribution >= 4 is 21.3 Å². The van der Waals surface area contributed by atoms with Gasteiger partial charge in [0.25, 0.3) is 0 Å². The highest BCUT2D eigenvalue weighted by Crippen LogP contribution is 2.19. The lowest BCUT2D eigenvalue weighted by Gasteiger charge is -2.24. The molecule has 0 amide bonds. The van der Waals surface area contributed by atoms with E-state index in [1.165, 1.54) is 6.33 Å². The molecule has 1 atom stereocenters. The molecule has 1 N–H and O–H groups in total. The fourth-order valence-electron chi connectivity index (χ4n) is 2.51. The number of aryl methyl sites for hydroxylation is 1. The van der Waals surface area contributed by atoms with E-state index in [9.17, 15) is 8.42 Å². The highest BCUT2D eigenvalue weighted by molar-refractivity contribution is 7.91. The maximum absolute atomic E-state index is 11.7. The van der Waals surface area contributed by atoms with Crippen LogP contribution in [0.2, 0.25) is 0 Å². The Morgan fingerprint density at radius 1 is 1.42 bits per heavy atom. The first kappa shape index (κ1) is 12.4. The Bertz CT molecular complexity index is 708. The number of hydrogen-bond donors (Lipinski definition) is 1. The zero-order chi connectivity index (χ0) is 13.5. The quantitative estimate of drug-likeness (QED) is 0.889. The molecule has 1 aliphatic rings. The largest absolute Gasteiger partial charge is 0.366 e. The minimum Gasteiger partial charge on any atom is -0.366 e. The number of fused-ring (bicyclic) bond motifs is 1. The van der Waals surface area contributed by atoms with E-state index in [0.29, 0.717) is 12.2 Å². The molecule has 0 saturated carbocycles. The predicted octanol–water partition coefficient (Wildman–Crippen LogP) is 1.03. The first-order chi connectivity index (χ1) is 9.03. The molecule has 6 nitrogen and oxygen atoms in total. The van der Waals surface area contributed by atoms with Gasteiger partial charge in [0.15, 0.2) is 15.5 Å². The van der Waals surface area contributed by atoms with Crippen molar-refractivity contribution < 1.29 is 8.42 Å². The fourth-order valence-corrected chi connectivity index (χ4v) is 4.14. The molecule has 3 heterocycles. The zero-order valence-electron chi connectivity index (χ0n) is 10.7. The van der Waals surface area contributed by atoms with Crippen LogP contribution in [0.15, 0.2) is 18.5 Å². The monoisotopic (exact) mass is 280 g/mol. The van der Waals surface area contributed by atoms with Crippen molar-refractivity contribution in [2.75, 3.05) is 16.8 Å². The van der Waals surface area contributed by atoms with Crippen LogP contribution < -0.4 is 5.32 Å². The van der Waals surface area contributed by atoms with E-state index < -0.39 is 9.84 Å². The van der Waals surface area contributed by atoms with Gasteiger partial charge >= 0.3 is 0 Å². The second kappa shape index (κ2) is 4.48. The normalized spacial score (nSPS) is 22.5. The van der Waals surface area contributed by atoms with Crippen LogP contribution in [-0.2, 0) is 9.84 Å². The molecule has 1 unspecified atom stereocenters. The van der Waals surface area contributed by atoms with E-state index in [1.807, 2.05) is 19.1 Å². The molecule has 2 aromatic rings. The SMILES string of the molecule is Cc1cc(NC2CCCS(=O)(=O)C2)n2ncnc2c1. The third-order valence-corrected chi connectivity index (χ3v) is 5.16. The van der Waals surface area contributed by atoms with E-state index in [4.69, 9.17) is 0 Å². The highest BCUT2D eigenvalue weighted by Gasteiger charge is 2.25.